The van der Waals surface area contributed by atoms with E-state index in [1.807, 2.05) is 5.92 Å². The van der Waals surface area contributed by atoms with Gasteiger partial charge in [0, 0.05) is 0 Å². The fourth-order valence-electron chi connectivity index (χ4n) is 3.00. The minimum Gasteiger partial charge on any atom is -0.0654 e. The van der Waals surface area contributed by atoms with E-state index in [1.165, 1.54) is 70.6 Å². The Morgan fingerprint density at radius 2 is 1.50 bits per heavy atom. The second kappa shape index (κ2) is 7.35. The molecular weight excluding hydrogens is 192 g/mol. The number of rotatable bonds is 7. The van der Waals surface area contributed by atoms with Gasteiger partial charge in [0.1, 0.15) is 0 Å². The van der Waals surface area contributed by atoms with Crippen molar-refractivity contribution in [3.05, 3.63) is 5.92 Å². The Morgan fingerprint density at radius 1 is 0.875 bits per heavy atom. The highest BCUT2D eigenvalue weighted by Gasteiger charge is 2.30. The van der Waals surface area contributed by atoms with E-state index in [-0.39, 0.29) is 0 Å². The third kappa shape index (κ3) is 4.89. The van der Waals surface area contributed by atoms with Crippen molar-refractivity contribution in [3.63, 3.8) is 0 Å². The lowest BCUT2D eigenvalue weighted by atomic mass is 9.69. The van der Waals surface area contributed by atoms with Gasteiger partial charge in [-0.15, -0.1) is 0 Å². The zero-order valence-corrected chi connectivity index (χ0v) is 11.8. The van der Waals surface area contributed by atoms with Gasteiger partial charge in [-0.3, -0.25) is 0 Å². The van der Waals surface area contributed by atoms with Crippen LogP contribution in [0.1, 0.15) is 91.4 Å². The Labute approximate surface area is 103 Å². The molecule has 0 bridgehead atoms. The lowest BCUT2D eigenvalue weighted by molar-refractivity contribution is 0.282. The van der Waals surface area contributed by atoms with Crippen LogP contribution in [-0.4, -0.2) is 0 Å². The zero-order chi connectivity index (χ0) is 11.9. The second-order valence-electron chi connectivity index (χ2n) is 6.21. The summed E-state index contributed by atoms with van der Waals surface area (Å²) < 4.78 is 0. The first-order valence-electron chi connectivity index (χ1n) is 7.52. The standard InChI is InChI=1S/C16H31/c1-4-5-6-7-11-14-16(2,3)15-12-9-8-10-13-15/h4-14H2,1-3H3. The van der Waals surface area contributed by atoms with E-state index in [0.29, 0.717) is 5.41 Å². The van der Waals surface area contributed by atoms with Crippen LogP contribution in [0.25, 0.3) is 0 Å². The van der Waals surface area contributed by atoms with E-state index in [0.717, 1.165) is 0 Å². The number of hydrogen-bond acceptors (Lipinski definition) is 0. The van der Waals surface area contributed by atoms with Crippen molar-refractivity contribution < 1.29 is 0 Å². The van der Waals surface area contributed by atoms with E-state index in [4.69, 9.17) is 0 Å². The first-order valence-corrected chi connectivity index (χ1v) is 7.52. The predicted octanol–water partition coefficient (Wildman–Crippen LogP) is 5.91. The fourth-order valence-corrected chi connectivity index (χ4v) is 3.00. The van der Waals surface area contributed by atoms with E-state index in [2.05, 4.69) is 20.8 Å². The van der Waals surface area contributed by atoms with Gasteiger partial charge < -0.3 is 0 Å². The van der Waals surface area contributed by atoms with Crippen LogP contribution < -0.4 is 0 Å². The second-order valence-corrected chi connectivity index (χ2v) is 6.21. The summed E-state index contributed by atoms with van der Waals surface area (Å²) >= 11 is 0. The molecule has 0 aromatic carbocycles. The summed E-state index contributed by atoms with van der Waals surface area (Å²) in [5.41, 5.74) is 0.534. The van der Waals surface area contributed by atoms with Gasteiger partial charge in [0.2, 0.25) is 0 Å². The summed E-state index contributed by atoms with van der Waals surface area (Å²) in [6, 6.07) is 0. The van der Waals surface area contributed by atoms with E-state index >= 15 is 0 Å². The first-order chi connectivity index (χ1) is 7.67. The molecule has 16 heavy (non-hydrogen) atoms. The van der Waals surface area contributed by atoms with Gasteiger partial charge in [-0.2, -0.15) is 0 Å². The molecule has 0 heterocycles. The smallest absolute Gasteiger partial charge is 0.0185 e. The van der Waals surface area contributed by atoms with Crippen LogP contribution in [0.4, 0.5) is 0 Å². The molecule has 0 N–H and O–H groups in total. The average Bonchev–Trinajstić information content (AvgIpc) is 2.30. The molecule has 1 aliphatic rings. The largest absolute Gasteiger partial charge is 0.0654 e. The maximum Gasteiger partial charge on any atom is -0.0185 e. The summed E-state index contributed by atoms with van der Waals surface area (Å²) in [6.45, 7) is 7.25. The van der Waals surface area contributed by atoms with Gasteiger partial charge >= 0.3 is 0 Å². The zero-order valence-electron chi connectivity index (χ0n) is 11.8. The molecule has 0 atom stereocenters. The Bertz CT molecular complexity index is 163. The normalized spacial score (nSPS) is 18.9. The number of hydrogen-bond donors (Lipinski definition) is 0. The molecule has 1 rings (SSSR count). The van der Waals surface area contributed by atoms with Gasteiger partial charge in [0.05, 0.1) is 0 Å². The van der Waals surface area contributed by atoms with Crippen molar-refractivity contribution in [2.45, 2.75) is 91.4 Å². The maximum atomic E-state index is 2.48. The average molecular weight is 223 g/mol. The van der Waals surface area contributed by atoms with Crippen LogP contribution >= 0.6 is 0 Å². The summed E-state index contributed by atoms with van der Waals surface area (Å²) in [7, 11) is 0. The molecular formula is C16H31. The Kier molecular flexibility index (Phi) is 6.46. The summed E-state index contributed by atoms with van der Waals surface area (Å²) in [4.78, 5) is 0. The van der Waals surface area contributed by atoms with Crippen molar-refractivity contribution in [3.8, 4) is 0 Å². The molecule has 0 saturated heterocycles. The minimum absolute atomic E-state index is 0.534. The molecule has 95 valence electrons. The molecule has 1 saturated carbocycles. The van der Waals surface area contributed by atoms with Gasteiger partial charge in [0.15, 0.2) is 0 Å². The molecule has 0 heteroatoms. The van der Waals surface area contributed by atoms with Crippen molar-refractivity contribution in [2.24, 2.45) is 5.41 Å². The highest BCUT2D eigenvalue weighted by molar-refractivity contribution is 5.04. The summed E-state index contributed by atoms with van der Waals surface area (Å²) in [6.07, 6.45) is 15.8. The predicted molar refractivity (Wildman–Crippen MR) is 73.5 cm³/mol. The van der Waals surface area contributed by atoms with Crippen molar-refractivity contribution >= 4 is 0 Å². The minimum atomic E-state index is 0.534. The van der Waals surface area contributed by atoms with Crippen molar-refractivity contribution in [1.82, 2.24) is 0 Å². The molecule has 1 fully saturated rings. The number of unbranched alkanes of at least 4 members (excludes halogenated alkanes) is 4. The quantitative estimate of drug-likeness (QED) is 0.470. The molecule has 0 nitrogen and oxygen atoms in total. The van der Waals surface area contributed by atoms with Crippen LogP contribution in [0.3, 0.4) is 0 Å². The Hall–Kier alpha value is 0. The fraction of sp³-hybridized carbons (Fsp3) is 0.938. The highest BCUT2D eigenvalue weighted by atomic mass is 14.3. The highest BCUT2D eigenvalue weighted by Crippen LogP contribution is 2.43. The van der Waals surface area contributed by atoms with Crippen LogP contribution in [0.5, 0.6) is 0 Å². The topological polar surface area (TPSA) is 0 Å². The molecule has 1 radical (unpaired) electrons. The van der Waals surface area contributed by atoms with Crippen molar-refractivity contribution in [2.75, 3.05) is 0 Å². The summed E-state index contributed by atoms with van der Waals surface area (Å²) in [5.74, 6) is 1.87. The van der Waals surface area contributed by atoms with Gasteiger partial charge in [-0.1, -0.05) is 72.1 Å². The van der Waals surface area contributed by atoms with Crippen LogP contribution in [0, 0.1) is 11.3 Å². The monoisotopic (exact) mass is 223 g/mol. The van der Waals surface area contributed by atoms with Crippen LogP contribution in [0.15, 0.2) is 0 Å². The van der Waals surface area contributed by atoms with Gasteiger partial charge in [-0.25, -0.2) is 0 Å². The molecule has 1 aliphatic carbocycles. The summed E-state index contributed by atoms with van der Waals surface area (Å²) in [5, 5.41) is 0. The molecule has 0 unspecified atom stereocenters. The molecule has 0 spiro atoms. The molecule has 0 aromatic rings. The lowest BCUT2D eigenvalue weighted by Crippen LogP contribution is -2.24. The SMILES string of the molecule is CCCCCCCC(C)(C)[C]1CCCCC1. The van der Waals surface area contributed by atoms with Crippen LogP contribution in [-0.2, 0) is 0 Å². The Balaban J connectivity index is 2.16. The van der Waals surface area contributed by atoms with Crippen molar-refractivity contribution in [1.29, 1.82) is 0 Å². The third-order valence-electron chi connectivity index (χ3n) is 4.32. The first kappa shape index (κ1) is 14.1. The van der Waals surface area contributed by atoms with Gasteiger partial charge in [0.25, 0.3) is 0 Å². The van der Waals surface area contributed by atoms with E-state index in [1.54, 1.807) is 0 Å². The third-order valence-corrected chi connectivity index (χ3v) is 4.32. The van der Waals surface area contributed by atoms with E-state index in [9.17, 15) is 0 Å². The van der Waals surface area contributed by atoms with Gasteiger partial charge in [-0.05, 0) is 30.6 Å². The maximum absolute atomic E-state index is 2.48. The van der Waals surface area contributed by atoms with Crippen LogP contribution in [0.2, 0.25) is 0 Å². The van der Waals surface area contributed by atoms with E-state index < -0.39 is 0 Å². The molecule has 0 aliphatic heterocycles. The molecule has 0 amide bonds. The molecule has 0 aromatic heterocycles. The Morgan fingerprint density at radius 3 is 2.12 bits per heavy atom. The lowest BCUT2D eigenvalue weighted by Gasteiger charge is -2.36.